The predicted octanol–water partition coefficient (Wildman–Crippen LogP) is 4.85. The van der Waals surface area contributed by atoms with E-state index in [-0.39, 0.29) is 21.8 Å². The molecule has 0 bridgehead atoms. The Kier molecular flexibility index (Phi) is 7.66. The lowest BCUT2D eigenvalue weighted by Crippen LogP contribution is -2.21. The molecule has 0 saturated heterocycles. The minimum Gasteiger partial charge on any atom is -0.483 e. The number of halogens is 3. The number of primary sulfonamides is 1. The Bertz CT molecular complexity index is 1340. The molecule has 1 amide bonds. The number of carbonyl (C=O) groups is 2. The van der Waals surface area contributed by atoms with Crippen molar-refractivity contribution in [2.45, 2.75) is 11.8 Å². The maximum atomic E-state index is 13.0. The molecule has 0 aliphatic carbocycles. The third-order valence-corrected chi connectivity index (χ3v) is 6.05. The first-order valence-corrected chi connectivity index (χ1v) is 12.0. The quantitative estimate of drug-likeness (QED) is 0.426. The van der Waals surface area contributed by atoms with E-state index < -0.39 is 28.3 Å². The van der Waals surface area contributed by atoms with E-state index >= 15 is 0 Å². The summed E-state index contributed by atoms with van der Waals surface area (Å²) < 4.78 is 28.5. The second kappa shape index (κ2) is 10.1. The molecule has 0 heterocycles. The Labute approximate surface area is 205 Å². The lowest BCUT2D eigenvalue weighted by molar-refractivity contribution is -0.118. The van der Waals surface area contributed by atoms with Crippen LogP contribution in [0.4, 0.5) is 5.69 Å². The van der Waals surface area contributed by atoms with Crippen LogP contribution in [0, 0.1) is 6.92 Å². The number of ketones is 1. The van der Waals surface area contributed by atoms with E-state index in [0.29, 0.717) is 26.3 Å². The average molecular weight is 528 g/mol. The van der Waals surface area contributed by atoms with Crippen LogP contribution in [0.5, 0.6) is 5.75 Å². The molecule has 0 unspecified atom stereocenters. The van der Waals surface area contributed by atoms with Crippen molar-refractivity contribution in [3.63, 3.8) is 0 Å². The Balaban J connectivity index is 1.77. The molecule has 0 aliphatic rings. The summed E-state index contributed by atoms with van der Waals surface area (Å²) in [6.07, 6.45) is 0. The van der Waals surface area contributed by atoms with Crippen LogP contribution < -0.4 is 15.2 Å². The van der Waals surface area contributed by atoms with Crippen molar-refractivity contribution >= 4 is 62.2 Å². The van der Waals surface area contributed by atoms with Crippen molar-refractivity contribution in [1.29, 1.82) is 0 Å². The van der Waals surface area contributed by atoms with Crippen LogP contribution in [-0.4, -0.2) is 26.7 Å². The Morgan fingerprint density at radius 1 is 0.939 bits per heavy atom. The average Bonchev–Trinajstić information content (AvgIpc) is 2.72. The van der Waals surface area contributed by atoms with Crippen molar-refractivity contribution < 1.29 is 22.7 Å². The van der Waals surface area contributed by atoms with Crippen molar-refractivity contribution in [2.24, 2.45) is 5.14 Å². The van der Waals surface area contributed by atoms with E-state index in [2.05, 4.69) is 5.32 Å². The second-order valence-corrected chi connectivity index (χ2v) is 9.86. The highest BCUT2D eigenvalue weighted by molar-refractivity contribution is 7.89. The molecule has 3 aromatic carbocycles. The van der Waals surface area contributed by atoms with Gasteiger partial charge < -0.3 is 10.1 Å². The van der Waals surface area contributed by atoms with E-state index in [1.54, 1.807) is 6.92 Å². The summed E-state index contributed by atoms with van der Waals surface area (Å²) in [5, 5.41) is 8.61. The first-order valence-electron chi connectivity index (χ1n) is 9.30. The zero-order valence-corrected chi connectivity index (χ0v) is 20.1. The summed E-state index contributed by atoms with van der Waals surface area (Å²) >= 11 is 18.0. The maximum absolute atomic E-state index is 13.0. The molecule has 3 N–H and O–H groups in total. The molecule has 0 saturated carbocycles. The SMILES string of the molecule is Cc1cc(S(N)(=O)=O)ccc1NC(=O)COc1ccc(Cl)cc1C(=O)c1cc(Cl)cc(Cl)c1. The van der Waals surface area contributed by atoms with Gasteiger partial charge in [-0.1, -0.05) is 34.8 Å². The molecule has 0 radical (unpaired) electrons. The van der Waals surface area contributed by atoms with E-state index in [0.717, 1.165) is 0 Å². The Morgan fingerprint density at radius 3 is 2.21 bits per heavy atom. The van der Waals surface area contributed by atoms with Crippen LogP contribution in [0.15, 0.2) is 59.5 Å². The monoisotopic (exact) mass is 526 g/mol. The van der Waals surface area contributed by atoms with Gasteiger partial charge in [-0.15, -0.1) is 0 Å². The zero-order chi connectivity index (χ0) is 24.3. The second-order valence-electron chi connectivity index (χ2n) is 6.99. The number of nitrogens with one attached hydrogen (secondary N) is 1. The summed E-state index contributed by atoms with van der Waals surface area (Å²) in [5.74, 6) is -0.829. The number of sulfonamides is 1. The zero-order valence-electron chi connectivity index (χ0n) is 17.1. The first-order chi connectivity index (χ1) is 15.4. The van der Waals surface area contributed by atoms with Gasteiger partial charge in [0.2, 0.25) is 10.0 Å². The molecule has 7 nitrogen and oxygen atoms in total. The van der Waals surface area contributed by atoms with Gasteiger partial charge in [0.25, 0.3) is 5.91 Å². The van der Waals surface area contributed by atoms with E-state index in [1.165, 1.54) is 54.6 Å². The minimum absolute atomic E-state index is 0.0697. The molecule has 0 aromatic heterocycles. The van der Waals surface area contributed by atoms with Gasteiger partial charge in [-0.25, -0.2) is 13.6 Å². The van der Waals surface area contributed by atoms with E-state index in [1.807, 2.05) is 0 Å². The van der Waals surface area contributed by atoms with Crippen molar-refractivity contribution in [1.82, 2.24) is 0 Å². The number of nitrogens with two attached hydrogens (primary N) is 1. The largest absolute Gasteiger partial charge is 0.483 e. The van der Waals surface area contributed by atoms with Crippen molar-refractivity contribution in [2.75, 3.05) is 11.9 Å². The number of rotatable bonds is 7. The fraction of sp³-hybridized carbons (Fsp3) is 0.0909. The highest BCUT2D eigenvalue weighted by Crippen LogP contribution is 2.28. The Hall–Kier alpha value is -2.62. The minimum atomic E-state index is -3.86. The molecule has 172 valence electrons. The summed E-state index contributed by atoms with van der Waals surface area (Å²) in [7, 11) is -3.86. The fourth-order valence-electron chi connectivity index (χ4n) is 2.93. The van der Waals surface area contributed by atoms with Crippen LogP contribution in [0.1, 0.15) is 21.5 Å². The number of benzene rings is 3. The van der Waals surface area contributed by atoms with Crippen molar-refractivity contribution in [3.05, 3.63) is 86.4 Å². The smallest absolute Gasteiger partial charge is 0.262 e. The topological polar surface area (TPSA) is 116 Å². The van der Waals surface area contributed by atoms with Gasteiger partial charge in [0.15, 0.2) is 12.4 Å². The fourth-order valence-corrected chi connectivity index (χ4v) is 4.23. The lowest BCUT2D eigenvalue weighted by Gasteiger charge is -2.13. The van der Waals surface area contributed by atoms with Gasteiger partial charge in [0.05, 0.1) is 10.5 Å². The molecule has 3 aromatic rings. The van der Waals surface area contributed by atoms with Crippen LogP contribution in [0.25, 0.3) is 0 Å². The molecule has 33 heavy (non-hydrogen) atoms. The summed E-state index contributed by atoms with van der Waals surface area (Å²) in [4.78, 5) is 25.3. The summed E-state index contributed by atoms with van der Waals surface area (Å²) in [6, 6.07) is 12.9. The number of amides is 1. The number of anilines is 1. The molecule has 0 atom stereocenters. The van der Waals surface area contributed by atoms with Gasteiger partial charge in [-0.2, -0.15) is 0 Å². The van der Waals surface area contributed by atoms with Crippen LogP contribution in [0.2, 0.25) is 15.1 Å². The first kappa shape index (κ1) is 25.0. The van der Waals surface area contributed by atoms with Gasteiger partial charge in [0, 0.05) is 26.3 Å². The van der Waals surface area contributed by atoms with E-state index in [4.69, 9.17) is 44.7 Å². The molecular weight excluding hydrogens is 511 g/mol. The molecule has 11 heteroatoms. The van der Waals surface area contributed by atoms with Crippen LogP contribution in [0.3, 0.4) is 0 Å². The number of ether oxygens (including phenoxy) is 1. The highest BCUT2D eigenvalue weighted by atomic mass is 35.5. The maximum Gasteiger partial charge on any atom is 0.262 e. The third kappa shape index (κ3) is 6.46. The third-order valence-electron chi connectivity index (χ3n) is 4.47. The van der Waals surface area contributed by atoms with Crippen molar-refractivity contribution in [3.8, 4) is 5.75 Å². The molecule has 0 spiro atoms. The molecule has 3 rings (SSSR count). The van der Waals surface area contributed by atoms with Crippen LogP contribution in [-0.2, 0) is 14.8 Å². The number of hydrogen-bond donors (Lipinski definition) is 2. The highest BCUT2D eigenvalue weighted by Gasteiger charge is 2.18. The van der Waals surface area contributed by atoms with Gasteiger partial charge in [-0.3, -0.25) is 9.59 Å². The van der Waals surface area contributed by atoms with Gasteiger partial charge >= 0.3 is 0 Å². The predicted molar refractivity (Wildman–Crippen MR) is 128 cm³/mol. The molecule has 0 fully saturated rings. The Morgan fingerprint density at radius 2 is 1.61 bits per heavy atom. The molecular formula is C22H17Cl3N2O5S. The lowest BCUT2D eigenvalue weighted by atomic mass is 10.0. The van der Waals surface area contributed by atoms with Gasteiger partial charge in [0.1, 0.15) is 5.75 Å². The number of carbonyl (C=O) groups excluding carboxylic acids is 2. The number of hydrogen-bond acceptors (Lipinski definition) is 5. The molecule has 0 aliphatic heterocycles. The normalized spacial score (nSPS) is 11.2. The number of aryl methyl sites for hydroxylation is 1. The van der Waals surface area contributed by atoms with Gasteiger partial charge in [-0.05, 0) is 67.1 Å². The summed E-state index contributed by atoms with van der Waals surface area (Å²) in [6.45, 7) is 1.20. The van der Waals surface area contributed by atoms with Crippen LogP contribution >= 0.6 is 34.8 Å². The standard InChI is InChI=1S/C22H17Cl3N2O5S/c1-12-6-17(33(26,30)31)3-4-19(12)27-21(28)11-32-20-5-2-14(23)10-18(20)22(29)13-7-15(24)9-16(25)8-13/h2-10H,11H2,1H3,(H,27,28)(H2,26,30,31). The van der Waals surface area contributed by atoms with E-state index in [9.17, 15) is 18.0 Å². The summed E-state index contributed by atoms with van der Waals surface area (Å²) in [5.41, 5.74) is 1.24.